The molecule has 1 aliphatic rings. The van der Waals surface area contributed by atoms with Gasteiger partial charge in [0, 0.05) is 10.6 Å². The summed E-state index contributed by atoms with van der Waals surface area (Å²) in [6.45, 7) is 2.12. The Morgan fingerprint density at radius 1 is 1.22 bits per heavy atom. The number of anilines is 1. The lowest BCUT2D eigenvalue weighted by Gasteiger charge is -2.17. The molecule has 1 aromatic heterocycles. The number of fused-ring (bicyclic) bond motifs is 1. The molecular weight excluding hydrogens is 342 g/mol. The highest BCUT2D eigenvalue weighted by Gasteiger charge is 2.26. The van der Waals surface area contributed by atoms with Crippen LogP contribution in [0.3, 0.4) is 0 Å². The Hall–Kier alpha value is -2.39. The fraction of sp³-hybridized carbons (Fsp3) is 0.154. The zero-order valence-corrected chi connectivity index (χ0v) is 13.5. The van der Waals surface area contributed by atoms with Crippen molar-refractivity contribution in [2.24, 2.45) is 10.1 Å². The summed E-state index contributed by atoms with van der Waals surface area (Å²) in [7, 11) is -3.92. The highest BCUT2D eigenvalue weighted by atomic mass is 35.5. The van der Waals surface area contributed by atoms with Gasteiger partial charge in [-0.25, -0.2) is 9.71 Å². The highest BCUT2D eigenvalue weighted by molar-refractivity contribution is 7.91. The zero-order valence-electron chi connectivity index (χ0n) is 11.9. The summed E-state index contributed by atoms with van der Waals surface area (Å²) in [5.41, 5.74) is 6.95. The van der Waals surface area contributed by atoms with E-state index in [4.69, 9.17) is 22.1 Å². The molecular formula is C13H12ClN5O3S. The Morgan fingerprint density at radius 3 is 2.57 bits per heavy atom. The number of hydrogen-bond donors (Lipinski definition) is 2. The molecule has 0 amide bonds. The third-order valence-electron chi connectivity index (χ3n) is 2.95. The van der Waals surface area contributed by atoms with Gasteiger partial charge in [0.1, 0.15) is 5.69 Å². The normalized spacial score (nSPS) is 15.3. The van der Waals surface area contributed by atoms with Gasteiger partial charge in [-0.15, -0.1) is 4.40 Å². The number of rotatable bonds is 3. The van der Waals surface area contributed by atoms with Crippen LogP contribution in [0.4, 0.5) is 5.82 Å². The summed E-state index contributed by atoms with van der Waals surface area (Å²) in [5.74, 6) is -0.0610. The monoisotopic (exact) mass is 353 g/mol. The van der Waals surface area contributed by atoms with Crippen molar-refractivity contribution in [1.82, 2.24) is 9.97 Å². The largest absolute Gasteiger partial charge is 0.476 e. The van der Waals surface area contributed by atoms with Crippen LogP contribution in [0.5, 0.6) is 5.88 Å². The van der Waals surface area contributed by atoms with Gasteiger partial charge in [-0.2, -0.15) is 13.4 Å². The van der Waals surface area contributed by atoms with Gasteiger partial charge in [0.05, 0.1) is 6.61 Å². The van der Waals surface area contributed by atoms with E-state index in [2.05, 4.69) is 19.1 Å². The van der Waals surface area contributed by atoms with Crippen LogP contribution in [-0.2, 0) is 10.2 Å². The molecule has 0 fully saturated rings. The van der Waals surface area contributed by atoms with E-state index in [0.717, 1.165) is 0 Å². The minimum Gasteiger partial charge on any atom is -0.476 e. The number of ether oxygens (including phenoxy) is 1. The molecule has 0 saturated heterocycles. The minimum atomic E-state index is -3.92. The molecule has 2 heterocycles. The lowest BCUT2D eigenvalue weighted by molar-refractivity contribution is 0.327. The molecule has 0 bridgehead atoms. The van der Waals surface area contributed by atoms with E-state index in [1.807, 2.05) is 0 Å². The van der Waals surface area contributed by atoms with Crippen LogP contribution in [0.25, 0.3) is 11.3 Å². The molecule has 0 spiro atoms. The first kappa shape index (κ1) is 15.5. The summed E-state index contributed by atoms with van der Waals surface area (Å²) >= 11 is 5.89. The van der Waals surface area contributed by atoms with Crippen LogP contribution in [0.15, 0.2) is 28.7 Å². The van der Waals surface area contributed by atoms with Gasteiger partial charge in [-0.1, -0.05) is 23.7 Å². The first-order chi connectivity index (χ1) is 10.9. The molecule has 10 heteroatoms. The second-order valence-electron chi connectivity index (χ2n) is 4.57. The summed E-state index contributed by atoms with van der Waals surface area (Å²) in [4.78, 5) is 8.54. The first-order valence-electron chi connectivity index (χ1n) is 6.59. The summed E-state index contributed by atoms with van der Waals surface area (Å²) in [5, 5.41) is 0.575. The molecule has 23 heavy (non-hydrogen) atoms. The molecule has 120 valence electrons. The van der Waals surface area contributed by atoms with Gasteiger partial charge in [0.15, 0.2) is 17.3 Å². The molecule has 8 nitrogen and oxygen atoms in total. The first-order valence-corrected chi connectivity index (χ1v) is 8.41. The Balaban J connectivity index is 2.20. The molecule has 0 aliphatic carbocycles. The number of amidine groups is 1. The van der Waals surface area contributed by atoms with E-state index < -0.39 is 10.2 Å². The summed E-state index contributed by atoms with van der Waals surface area (Å²) < 4.78 is 34.2. The molecule has 0 radical (unpaired) electrons. The van der Waals surface area contributed by atoms with E-state index in [9.17, 15) is 8.42 Å². The number of halogens is 1. The van der Waals surface area contributed by atoms with Crippen LogP contribution in [0, 0.1) is 0 Å². The number of nitrogens with zero attached hydrogens (tertiary/aromatic N) is 3. The molecule has 3 rings (SSSR count). The SMILES string of the molecule is CCOc1nc2c(nc1-c1ccc(Cl)cc1)C(N)=NS(=O)(=O)N2. The predicted octanol–water partition coefficient (Wildman–Crippen LogP) is 1.57. The van der Waals surface area contributed by atoms with E-state index in [-0.39, 0.29) is 23.2 Å². The van der Waals surface area contributed by atoms with Crippen LogP contribution >= 0.6 is 11.6 Å². The van der Waals surface area contributed by atoms with E-state index >= 15 is 0 Å². The second kappa shape index (κ2) is 5.67. The van der Waals surface area contributed by atoms with E-state index in [1.54, 1.807) is 31.2 Å². The fourth-order valence-electron chi connectivity index (χ4n) is 2.02. The lowest BCUT2D eigenvalue weighted by atomic mass is 10.1. The van der Waals surface area contributed by atoms with Gasteiger partial charge in [-0.05, 0) is 19.1 Å². The van der Waals surface area contributed by atoms with Crippen molar-refractivity contribution in [3.05, 3.63) is 35.0 Å². The fourth-order valence-corrected chi connectivity index (χ4v) is 2.92. The van der Waals surface area contributed by atoms with Gasteiger partial charge in [0.25, 0.3) is 0 Å². The maximum absolute atomic E-state index is 11.6. The number of benzene rings is 1. The van der Waals surface area contributed by atoms with Crippen LogP contribution in [-0.4, -0.2) is 30.8 Å². The minimum absolute atomic E-state index is 0.0151. The number of aromatic nitrogens is 2. The average Bonchev–Trinajstić information content (AvgIpc) is 2.47. The van der Waals surface area contributed by atoms with Crippen LogP contribution in [0.2, 0.25) is 5.02 Å². The number of nitrogens with one attached hydrogen (secondary N) is 1. The Labute approximate surface area is 137 Å². The molecule has 3 N–H and O–H groups in total. The van der Waals surface area contributed by atoms with Crippen molar-refractivity contribution in [2.75, 3.05) is 11.3 Å². The van der Waals surface area contributed by atoms with Crippen molar-refractivity contribution in [3.8, 4) is 17.1 Å². The molecule has 1 aliphatic heterocycles. The van der Waals surface area contributed by atoms with Crippen LogP contribution in [0.1, 0.15) is 12.6 Å². The van der Waals surface area contributed by atoms with Gasteiger partial charge < -0.3 is 10.5 Å². The highest BCUT2D eigenvalue weighted by Crippen LogP contribution is 2.31. The quantitative estimate of drug-likeness (QED) is 0.864. The number of hydrogen-bond acceptors (Lipinski definition) is 6. The van der Waals surface area contributed by atoms with Crippen molar-refractivity contribution in [2.45, 2.75) is 6.92 Å². The standard InChI is InChI=1S/C13H12ClN5O3S/c1-2-22-13-9(7-3-5-8(14)6-4-7)16-10-11(15)18-23(20,21)19-12(10)17-13/h3-6H,2H2,1H3,(H2,15,18)(H,17,19). The number of nitrogens with two attached hydrogens (primary N) is 1. The van der Waals surface area contributed by atoms with Crippen molar-refractivity contribution < 1.29 is 13.2 Å². The van der Waals surface area contributed by atoms with Gasteiger partial charge >= 0.3 is 10.2 Å². The molecule has 0 unspecified atom stereocenters. The van der Waals surface area contributed by atoms with Crippen molar-refractivity contribution in [1.29, 1.82) is 0 Å². The zero-order chi connectivity index (χ0) is 16.6. The summed E-state index contributed by atoms with van der Waals surface area (Å²) in [6.07, 6.45) is 0. The molecule has 2 aromatic rings. The Bertz CT molecular complexity index is 897. The molecule has 0 saturated carbocycles. The van der Waals surface area contributed by atoms with Crippen LogP contribution < -0.4 is 15.2 Å². The lowest BCUT2D eigenvalue weighted by Crippen LogP contribution is -2.28. The average molecular weight is 354 g/mol. The van der Waals surface area contributed by atoms with Crippen molar-refractivity contribution in [3.63, 3.8) is 0 Å². The van der Waals surface area contributed by atoms with Gasteiger partial charge in [-0.3, -0.25) is 0 Å². The topological polar surface area (TPSA) is 120 Å². The third kappa shape index (κ3) is 3.06. The summed E-state index contributed by atoms with van der Waals surface area (Å²) in [6, 6.07) is 6.91. The van der Waals surface area contributed by atoms with Crippen molar-refractivity contribution >= 4 is 33.5 Å². The third-order valence-corrected chi connectivity index (χ3v) is 4.09. The van der Waals surface area contributed by atoms with E-state index in [0.29, 0.717) is 22.9 Å². The Morgan fingerprint density at radius 2 is 1.91 bits per heavy atom. The van der Waals surface area contributed by atoms with E-state index in [1.165, 1.54) is 0 Å². The maximum Gasteiger partial charge on any atom is 0.345 e. The van der Waals surface area contributed by atoms with Gasteiger partial charge in [0.2, 0.25) is 5.88 Å². The Kier molecular flexibility index (Phi) is 3.82. The molecule has 0 atom stereocenters. The molecule has 1 aromatic carbocycles. The predicted molar refractivity (Wildman–Crippen MR) is 86.9 cm³/mol. The maximum atomic E-state index is 11.6. The smallest absolute Gasteiger partial charge is 0.345 e. The second-order valence-corrected chi connectivity index (χ2v) is 6.34.